The summed E-state index contributed by atoms with van der Waals surface area (Å²) in [5.41, 5.74) is 2.35. The molecular weight excluding hydrogens is 558 g/mol. The highest BCUT2D eigenvalue weighted by Gasteiger charge is 2.18. The van der Waals surface area contributed by atoms with Gasteiger partial charge in [0.05, 0.1) is 29.2 Å². The monoisotopic (exact) mass is 579 g/mol. The molecule has 9 nitrogen and oxygen atoms in total. The Labute approximate surface area is 244 Å². The number of para-hydroxylation sites is 2. The lowest BCUT2D eigenvalue weighted by Crippen LogP contribution is -2.20. The normalized spacial score (nSPS) is 12.4. The summed E-state index contributed by atoms with van der Waals surface area (Å²) in [7, 11) is 1.53. The van der Waals surface area contributed by atoms with Gasteiger partial charge in [0.15, 0.2) is 28.8 Å². The number of aromatic nitrogens is 2. The Morgan fingerprint density at radius 1 is 1.00 bits per heavy atom. The Hall–Kier alpha value is -5.28. The summed E-state index contributed by atoms with van der Waals surface area (Å²) in [4.78, 5) is 18.3. The first-order valence-electron chi connectivity index (χ1n) is 13.0. The van der Waals surface area contributed by atoms with Crippen LogP contribution in [0.1, 0.15) is 11.1 Å². The fraction of sp³-hybridized carbons (Fsp3) is 0.0938. The van der Waals surface area contributed by atoms with Gasteiger partial charge in [0, 0.05) is 5.39 Å². The van der Waals surface area contributed by atoms with Crippen LogP contribution in [-0.2, 0) is 6.61 Å². The van der Waals surface area contributed by atoms with E-state index in [9.17, 15) is 4.79 Å². The number of methoxy groups -OCH3 is 1. The zero-order valence-electron chi connectivity index (χ0n) is 22.2. The number of halogens is 1. The average Bonchev–Trinajstić information content (AvgIpc) is 3.66. The van der Waals surface area contributed by atoms with Gasteiger partial charge in [0.25, 0.3) is 5.56 Å². The number of furan rings is 1. The quantitative estimate of drug-likeness (QED) is 0.195. The van der Waals surface area contributed by atoms with Crippen LogP contribution in [0.5, 0.6) is 23.0 Å². The maximum Gasteiger partial charge on any atom is 0.282 e. The molecule has 0 aliphatic carbocycles. The number of ether oxygens (including phenoxy) is 4. The second kappa shape index (κ2) is 10.6. The Balaban J connectivity index is 1.24. The summed E-state index contributed by atoms with van der Waals surface area (Å²) in [6.45, 7) is 0.433. The fourth-order valence-corrected chi connectivity index (χ4v) is 5.02. The lowest BCUT2D eigenvalue weighted by Gasteiger charge is -2.13. The second-order valence-corrected chi connectivity index (χ2v) is 9.88. The third-order valence-corrected chi connectivity index (χ3v) is 7.07. The molecule has 10 heteroatoms. The largest absolute Gasteiger partial charge is 0.493 e. The number of hydrogen-bond acceptors (Lipinski definition) is 8. The number of benzene rings is 4. The van der Waals surface area contributed by atoms with E-state index in [0.29, 0.717) is 55.8 Å². The van der Waals surface area contributed by atoms with Crippen LogP contribution >= 0.6 is 11.6 Å². The predicted octanol–water partition coefficient (Wildman–Crippen LogP) is 6.66. The van der Waals surface area contributed by atoms with Gasteiger partial charge in [-0.25, -0.2) is 4.98 Å². The molecule has 4 aromatic carbocycles. The van der Waals surface area contributed by atoms with Crippen LogP contribution in [-0.4, -0.2) is 29.8 Å². The third kappa shape index (κ3) is 4.69. The first-order valence-corrected chi connectivity index (χ1v) is 13.4. The van der Waals surface area contributed by atoms with Crippen LogP contribution < -0.4 is 24.5 Å². The molecule has 0 N–H and O–H groups in total. The van der Waals surface area contributed by atoms with Gasteiger partial charge in [-0.1, -0.05) is 48.0 Å². The Morgan fingerprint density at radius 3 is 2.71 bits per heavy atom. The van der Waals surface area contributed by atoms with Gasteiger partial charge >= 0.3 is 0 Å². The Kier molecular flexibility index (Phi) is 6.48. The summed E-state index contributed by atoms with van der Waals surface area (Å²) >= 11 is 6.63. The number of hydrogen-bond donors (Lipinski definition) is 0. The molecule has 1 aliphatic heterocycles. The van der Waals surface area contributed by atoms with Crippen molar-refractivity contribution in [2.75, 3.05) is 13.9 Å². The highest BCUT2D eigenvalue weighted by molar-refractivity contribution is 6.32. The topological polar surface area (TPSA) is 97.3 Å². The molecule has 0 saturated heterocycles. The first kappa shape index (κ1) is 25.7. The maximum atomic E-state index is 13.6. The van der Waals surface area contributed by atoms with Gasteiger partial charge in [0.1, 0.15) is 12.2 Å². The van der Waals surface area contributed by atoms with E-state index in [1.54, 1.807) is 30.3 Å². The lowest BCUT2D eigenvalue weighted by atomic mass is 10.2. The van der Waals surface area contributed by atoms with Crippen molar-refractivity contribution in [1.29, 1.82) is 0 Å². The van der Waals surface area contributed by atoms with Crippen molar-refractivity contribution in [2.45, 2.75) is 6.61 Å². The van der Waals surface area contributed by atoms with Crippen molar-refractivity contribution in [3.05, 3.63) is 111 Å². The molecular formula is C32H22ClN3O6. The molecule has 0 radical (unpaired) electrons. The van der Waals surface area contributed by atoms with Gasteiger partial charge < -0.3 is 23.4 Å². The SMILES string of the molecule is COc1cc(C=Nn2c(-c3cc4ccccc4o3)nc3ccccc3c2=O)cc(Cl)c1OCc1ccc2c(c1)OCO2. The van der Waals surface area contributed by atoms with Crippen molar-refractivity contribution < 1.29 is 23.4 Å². The lowest BCUT2D eigenvalue weighted by molar-refractivity contribution is 0.174. The van der Waals surface area contributed by atoms with Crippen LogP contribution in [0, 0.1) is 0 Å². The first-order chi connectivity index (χ1) is 20.6. The van der Waals surface area contributed by atoms with Gasteiger partial charge in [-0.3, -0.25) is 4.79 Å². The zero-order chi connectivity index (χ0) is 28.6. The van der Waals surface area contributed by atoms with E-state index >= 15 is 0 Å². The van der Waals surface area contributed by atoms with Crippen LogP contribution in [0.15, 0.2) is 99.2 Å². The molecule has 0 spiro atoms. The minimum atomic E-state index is -0.339. The van der Waals surface area contributed by atoms with Crippen molar-refractivity contribution >= 4 is 39.7 Å². The standard InChI is InChI=1S/C32H22ClN3O6/c1-38-28-14-20(12-23(33)30(28)39-17-19-10-11-26-27(13-19)41-18-40-26)16-34-36-31(29-15-21-6-2-5-9-25(21)42-29)35-24-8-4-3-7-22(24)32(36)37/h2-16H,17-18H2,1H3. The minimum absolute atomic E-state index is 0.198. The smallest absolute Gasteiger partial charge is 0.282 e. The van der Waals surface area contributed by atoms with E-state index in [1.165, 1.54) is 18.0 Å². The van der Waals surface area contributed by atoms with E-state index in [4.69, 9.17) is 39.9 Å². The molecule has 1 aliphatic rings. The van der Waals surface area contributed by atoms with E-state index < -0.39 is 0 Å². The Bertz CT molecular complexity index is 2030. The average molecular weight is 580 g/mol. The van der Waals surface area contributed by atoms with Gasteiger partial charge in [-0.05, 0) is 59.7 Å². The van der Waals surface area contributed by atoms with Crippen molar-refractivity contribution in [3.63, 3.8) is 0 Å². The summed E-state index contributed by atoms with van der Waals surface area (Å²) in [5.74, 6) is 2.84. The second-order valence-electron chi connectivity index (χ2n) is 9.47. The molecule has 42 heavy (non-hydrogen) atoms. The van der Waals surface area contributed by atoms with E-state index in [0.717, 1.165) is 10.9 Å². The summed E-state index contributed by atoms with van der Waals surface area (Å²) in [5, 5.41) is 6.15. The van der Waals surface area contributed by atoms with Crippen LogP contribution in [0.2, 0.25) is 5.02 Å². The molecule has 0 bridgehead atoms. The van der Waals surface area contributed by atoms with Gasteiger partial charge in [-0.2, -0.15) is 9.78 Å². The summed E-state index contributed by atoms with van der Waals surface area (Å²) in [6, 6.07) is 25.5. The third-order valence-electron chi connectivity index (χ3n) is 6.79. The molecule has 6 aromatic rings. The Morgan fingerprint density at radius 2 is 1.83 bits per heavy atom. The highest BCUT2D eigenvalue weighted by atomic mass is 35.5. The minimum Gasteiger partial charge on any atom is -0.493 e. The maximum absolute atomic E-state index is 13.6. The van der Waals surface area contributed by atoms with Crippen molar-refractivity contribution in [1.82, 2.24) is 9.66 Å². The van der Waals surface area contributed by atoms with E-state index in [1.807, 2.05) is 54.6 Å². The predicted molar refractivity (Wildman–Crippen MR) is 159 cm³/mol. The summed E-state index contributed by atoms with van der Waals surface area (Å²) in [6.07, 6.45) is 1.51. The van der Waals surface area contributed by atoms with Crippen molar-refractivity contribution in [2.24, 2.45) is 5.10 Å². The zero-order valence-corrected chi connectivity index (χ0v) is 23.0. The van der Waals surface area contributed by atoms with Crippen LogP contribution in [0.3, 0.4) is 0 Å². The number of rotatable bonds is 7. The molecule has 0 unspecified atom stereocenters. The van der Waals surface area contributed by atoms with Gasteiger partial charge in [0.2, 0.25) is 12.6 Å². The fourth-order valence-electron chi connectivity index (χ4n) is 4.75. The molecule has 0 atom stereocenters. The molecule has 7 rings (SSSR count). The molecule has 3 heterocycles. The van der Waals surface area contributed by atoms with Crippen LogP contribution in [0.4, 0.5) is 0 Å². The van der Waals surface area contributed by atoms with E-state index in [2.05, 4.69) is 5.10 Å². The number of nitrogens with zero attached hydrogens (tertiary/aromatic N) is 3. The summed E-state index contributed by atoms with van der Waals surface area (Å²) < 4.78 is 29.7. The van der Waals surface area contributed by atoms with E-state index in [-0.39, 0.29) is 24.8 Å². The van der Waals surface area contributed by atoms with Crippen LogP contribution in [0.25, 0.3) is 33.5 Å². The molecule has 208 valence electrons. The van der Waals surface area contributed by atoms with Gasteiger partial charge in [-0.15, -0.1) is 0 Å². The molecule has 0 amide bonds. The molecule has 0 saturated carbocycles. The molecule has 0 fully saturated rings. The highest BCUT2D eigenvalue weighted by Crippen LogP contribution is 2.38. The molecule has 2 aromatic heterocycles. The number of fused-ring (bicyclic) bond motifs is 3. The van der Waals surface area contributed by atoms with Crippen molar-refractivity contribution in [3.8, 4) is 34.6 Å².